The Morgan fingerprint density at radius 3 is 1.87 bits per heavy atom. The van der Waals surface area contributed by atoms with E-state index in [1.807, 2.05) is 79.5 Å². The van der Waals surface area contributed by atoms with Crippen LogP contribution >= 0.6 is 0 Å². The van der Waals surface area contributed by atoms with E-state index in [2.05, 4.69) is 20.6 Å². The zero-order chi connectivity index (χ0) is 32.8. The summed E-state index contributed by atoms with van der Waals surface area (Å²) in [5.74, 6) is 0.301. The summed E-state index contributed by atoms with van der Waals surface area (Å²) in [5, 5.41) is 14.7. The maximum atomic E-state index is 12.4. The van der Waals surface area contributed by atoms with E-state index >= 15 is 0 Å². The number of anilines is 4. The van der Waals surface area contributed by atoms with Gasteiger partial charge >= 0.3 is 5.97 Å². The summed E-state index contributed by atoms with van der Waals surface area (Å²) < 4.78 is 27.2. The summed E-state index contributed by atoms with van der Waals surface area (Å²) in [4.78, 5) is 33.9. The fourth-order valence-corrected chi connectivity index (χ4v) is 4.01. The van der Waals surface area contributed by atoms with Crippen molar-refractivity contribution in [3.63, 3.8) is 0 Å². The van der Waals surface area contributed by atoms with Crippen LogP contribution in [-0.4, -0.2) is 107 Å². The first-order valence-electron chi connectivity index (χ1n) is 15.3. The van der Waals surface area contributed by atoms with Gasteiger partial charge in [-0.2, -0.15) is 4.98 Å². The van der Waals surface area contributed by atoms with Gasteiger partial charge in [0.1, 0.15) is 5.82 Å². The van der Waals surface area contributed by atoms with Crippen molar-refractivity contribution >= 4 is 35.0 Å². The molecule has 3 N–H and O–H groups in total. The first-order valence-corrected chi connectivity index (χ1v) is 15.3. The molecule has 250 valence electrons. The summed E-state index contributed by atoms with van der Waals surface area (Å²) in [7, 11) is 1.95. The number of ether oxygens (including phenoxy) is 5. The van der Waals surface area contributed by atoms with Crippen molar-refractivity contribution in [3.05, 3.63) is 71.9 Å². The molecule has 3 rings (SSSR count). The number of carbonyl (C=O) groups is 2. The molecule has 1 heterocycles. The number of carbonyl (C=O) groups excluding carboxylic acids is 1. The van der Waals surface area contributed by atoms with E-state index in [1.165, 1.54) is 0 Å². The van der Waals surface area contributed by atoms with Gasteiger partial charge in [-0.1, -0.05) is 30.3 Å². The number of hydrogen-bond acceptors (Lipinski definition) is 11. The molecule has 3 aromatic rings. The summed E-state index contributed by atoms with van der Waals surface area (Å²) in [5.41, 5.74) is 3.31. The lowest BCUT2D eigenvalue weighted by Crippen LogP contribution is -2.24. The van der Waals surface area contributed by atoms with Gasteiger partial charge in [0.25, 0.3) is 0 Å². The number of nitrogens with zero attached hydrogens (tertiary/aromatic N) is 3. The molecule has 46 heavy (non-hydrogen) atoms. The molecule has 0 aliphatic rings. The first-order chi connectivity index (χ1) is 22.4. The van der Waals surface area contributed by atoms with E-state index in [1.54, 1.807) is 0 Å². The fraction of sp³-hybridized carbons (Fsp3) is 0.455. The monoisotopic (exact) mass is 639 g/mol. The number of benzene rings is 2. The molecule has 0 saturated heterocycles. The van der Waals surface area contributed by atoms with Crippen LogP contribution in [0.4, 0.5) is 23.1 Å². The zero-order valence-electron chi connectivity index (χ0n) is 26.6. The second-order valence-corrected chi connectivity index (χ2v) is 10.2. The lowest BCUT2D eigenvalue weighted by atomic mass is 10.1. The Balaban J connectivity index is 1.24. The average Bonchev–Trinajstić information content (AvgIpc) is 3.03. The number of amides is 1. The van der Waals surface area contributed by atoms with Gasteiger partial charge in [-0.3, -0.25) is 9.59 Å². The third-order valence-electron chi connectivity index (χ3n) is 6.38. The van der Waals surface area contributed by atoms with Crippen molar-refractivity contribution in [3.8, 4) is 0 Å². The largest absolute Gasteiger partial charge is 0.481 e. The summed E-state index contributed by atoms with van der Waals surface area (Å²) in [6.45, 7) is 6.75. The molecule has 0 unspecified atom stereocenters. The summed E-state index contributed by atoms with van der Waals surface area (Å²) >= 11 is 0. The Labute approximate surface area is 270 Å². The highest BCUT2D eigenvalue weighted by Crippen LogP contribution is 2.20. The predicted molar refractivity (Wildman–Crippen MR) is 175 cm³/mol. The third-order valence-corrected chi connectivity index (χ3v) is 6.38. The molecular formula is C33H45N5O8. The molecule has 0 spiro atoms. The minimum absolute atomic E-state index is 0.00805. The highest BCUT2D eigenvalue weighted by atomic mass is 16.6. The van der Waals surface area contributed by atoms with Crippen molar-refractivity contribution in [1.82, 2.24) is 9.97 Å². The minimum Gasteiger partial charge on any atom is -0.481 e. The number of nitrogens with one attached hydrogen (secondary N) is 2. The molecule has 13 heteroatoms. The van der Waals surface area contributed by atoms with E-state index in [0.29, 0.717) is 84.1 Å². The fourth-order valence-electron chi connectivity index (χ4n) is 4.01. The van der Waals surface area contributed by atoms with E-state index in [0.717, 1.165) is 22.8 Å². The lowest BCUT2D eigenvalue weighted by Gasteiger charge is -2.19. The standard InChI is InChI=1S/C33H45N5O8/c1-26-24-30(38(2)13-15-43-17-19-45-21-23-46-22-20-44-18-16-42-14-12-32(40)41)37-33(34-26)36-29-10-8-28(9-11-29)35-31(39)25-27-6-4-3-5-7-27/h3-11,24H,12-23,25H2,1-2H3,(H,35,39)(H,40,41)(H,34,36,37). The Hall–Kier alpha value is -4.14. The molecule has 13 nitrogen and oxygen atoms in total. The van der Waals surface area contributed by atoms with Crippen molar-refractivity contribution in [2.24, 2.45) is 0 Å². The third kappa shape index (κ3) is 15.7. The number of likely N-dealkylation sites (N-methyl/N-ethyl adjacent to an activating group) is 1. The predicted octanol–water partition coefficient (Wildman–Crippen LogP) is 3.70. The molecule has 0 saturated carbocycles. The van der Waals surface area contributed by atoms with Crippen molar-refractivity contribution in [1.29, 1.82) is 0 Å². The lowest BCUT2D eigenvalue weighted by molar-refractivity contribution is -0.138. The molecule has 0 fully saturated rings. The van der Waals surface area contributed by atoms with Crippen LogP contribution in [0.5, 0.6) is 0 Å². The van der Waals surface area contributed by atoms with Crippen LogP contribution in [0.25, 0.3) is 0 Å². The van der Waals surface area contributed by atoms with Crippen LogP contribution in [0, 0.1) is 6.92 Å². The summed E-state index contributed by atoms with van der Waals surface area (Å²) in [6.07, 6.45) is 0.311. The Morgan fingerprint density at radius 1 is 0.739 bits per heavy atom. The molecule has 0 aliphatic carbocycles. The smallest absolute Gasteiger partial charge is 0.305 e. The molecule has 1 amide bonds. The second-order valence-electron chi connectivity index (χ2n) is 10.2. The minimum atomic E-state index is -0.878. The van der Waals surface area contributed by atoms with E-state index < -0.39 is 5.97 Å². The molecule has 2 aromatic carbocycles. The van der Waals surface area contributed by atoms with E-state index in [-0.39, 0.29) is 18.9 Å². The first kappa shape index (κ1) is 36.3. The number of carboxylic acid groups (broad SMARTS) is 1. The van der Waals surface area contributed by atoms with Crippen LogP contribution in [0.1, 0.15) is 17.7 Å². The Kier molecular flexibility index (Phi) is 17.0. The van der Waals surface area contributed by atoms with Gasteiger partial charge in [-0.25, -0.2) is 4.98 Å². The quantitative estimate of drug-likeness (QED) is 0.123. The van der Waals surface area contributed by atoms with E-state index in [9.17, 15) is 9.59 Å². The number of rotatable bonds is 24. The molecule has 0 atom stereocenters. The van der Waals surface area contributed by atoms with Gasteiger partial charge in [0.2, 0.25) is 11.9 Å². The molecular weight excluding hydrogens is 594 g/mol. The van der Waals surface area contributed by atoms with Crippen LogP contribution < -0.4 is 15.5 Å². The second kappa shape index (κ2) is 21.6. The maximum absolute atomic E-state index is 12.4. The normalized spacial score (nSPS) is 10.9. The number of aliphatic carboxylic acids is 1. The van der Waals surface area contributed by atoms with Crippen LogP contribution in [-0.2, 0) is 39.7 Å². The molecule has 0 aliphatic heterocycles. The maximum Gasteiger partial charge on any atom is 0.305 e. The van der Waals surface area contributed by atoms with Gasteiger partial charge in [0.15, 0.2) is 0 Å². The van der Waals surface area contributed by atoms with Crippen molar-refractivity contribution in [2.75, 3.05) is 95.2 Å². The van der Waals surface area contributed by atoms with Gasteiger partial charge in [-0.05, 0) is 36.8 Å². The number of aromatic nitrogens is 2. The summed E-state index contributed by atoms with van der Waals surface area (Å²) in [6, 6.07) is 19.0. The van der Waals surface area contributed by atoms with Gasteiger partial charge < -0.3 is 44.3 Å². The molecule has 0 bridgehead atoms. The Bertz CT molecular complexity index is 1300. The van der Waals surface area contributed by atoms with Crippen molar-refractivity contribution in [2.45, 2.75) is 19.8 Å². The van der Waals surface area contributed by atoms with E-state index in [4.69, 9.17) is 28.8 Å². The average molecular weight is 640 g/mol. The van der Waals surface area contributed by atoms with Gasteiger partial charge in [-0.15, -0.1) is 0 Å². The van der Waals surface area contributed by atoms with Crippen LogP contribution in [0.2, 0.25) is 0 Å². The number of carboxylic acids is 1. The van der Waals surface area contributed by atoms with Gasteiger partial charge in [0.05, 0.1) is 78.9 Å². The Morgan fingerprint density at radius 2 is 1.28 bits per heavy atom. The number of hydrogen-bond donors (Lipinski definition) is 3. The molecule has 1 aromatic heterocycles. The molecule has 0 radical (unpaired) electrons. The number of aryl methyl sites for hydroxylation is 1. The SMILES string of the molecule is Cc1cc(N(C)CCOCCOCCOCCOCCOCCC(=O)O)nc(Nc2ccc(NC(=O)Cc3ccccc3)cc2)n1. The highest BCUT2D eigenvalue weighted by molar-refractivity contribution is 5.92. The zero-order valence-corrected chi connectivity index (χ0v) is 26.6. The van der Waals surface area contributed by atoms with Crippen LogP contribution in [0.3, 0.4) is 0 Å². The topological polar surface area (TPSA) is 154 Å². The van der Waals surface area contributed by atoms with Gasteiger partial charge in [0, 0.05) is 36.7 Å². The van der Waals surface area contributed by atoms with Crippen LogP contribution in [0.15, 0.2) is 60.7 Å². The highest BCUT2D eigenvalue weighted by Gasteiger charge is 2.09. The van der Waals surface area contributed by atoms with Crippen molar-refractivity contribution < 1.29 is 38.4 Å².